The van der Waals surface area contributed by atoms with Crippen molar-refractivity contribution in [1.29, 1.82) is 0 Å². The van der Waals surface area contributed by atoms with Crippen molar-refractivity contribution in [2.75, 3.05) is 32.8 Å². The number of amides is 1. The summed E-state index contributed by atoms with van der Waals surface area (Å²) >= 11 is 0. The first-order chi connectivity index (χ1) is 13.8. The molecule has 2 fully saturated rings. The second-order valence-electron chi connectivity index (χ2n) is 7.67. The van der Waals surface area contributed by atoms with Gasteiger partial charge >= 0.3 is 0 Å². The first kappa shape index (κ1) is 19.9. The molecule has 29 heavy (non-hydrogen) atoms. The van der Waals surface area contributed by atoms with Crippen molar-refractivity contribution in [2.24, 2.45) is 11.3 Å². The van der Waals surface area contributed by atoms with Crippen LogP contribution in [0.1, 0.15) is 16.2 Å². The van der Waals surface area contributed by atoms with Crippen LogP contribution in [-0.2, 0) is 10.0 Å². The molecule has 154 valence electrons. The number of aliphatic hydroxyl groups excluding tert-OH is 1. The highest BCUT2D eigenvalue weighted by Crippen LogP contribution is 2.44. The molecule has 2 atom stereocenters. The van der Waals surface area contributed by atoms with Crippen molar-refractivity contribution in [1.82, 2.24) is 19.2 Å². The molecule has 8 nitrogen and oxygen atoms in total. The van der Waals surface area contributed by atoms with Crippen LogP contribution >= 0.6 is 0 Å². The number of likely N-dealkylation sites (tertiary alicyclic amines) is 1. The van der Waals surface area contributed by atoms with Gasteiger partial charge in [-0.15, -0.1) is 0 Å². The van der Waals surface area contributed by atoms with Crippen molar-refractivity contribution in [3.63, 3.8) is 0 Å². The largest absolute Gasteiger partial charge is 0.396 e. The SMILES string of the molecule is Cc1cnc(C(=O)N2CC3CN(S(=O)(=O)c4ccccc4F)CC3(CO)C2)cn1. The predicted molar refractivity (Wildman–Crippen MR) is 101 cm³/mol. The summed E-state index contributed by atoms with van der Waals surface area (Å²) in [5, 5.41) is 10.1. The third-order valence-corrected chi connectivity index (χ3v) is 7.63. The van der Waals surface area contributed by atoms with E-state index in [0.717, 1.165) is 6.07 Å². The van der Waals surface area contributed by atoms with Gasteiger partial charge in [-0.1, -0.05) is 12.1 Å². The first-order valence-corrected chi connectivity index (χ1v) is 10.6. The molecule has 2 aromatic rings. The summed E-state index contributed by atoms with van der Waals surface area (Å²) in [5.41, 5.74) is 0.117. The van der Waals surface area contributed by atoms with Crippen molar-refractivity contribution in [2.45, 2.75) is 11.8 Å². The van der Waals surface area contributed by atoms with Gasteiger partial charge in [-0.2, -0.15) is 4.31 Å². The molecule has 0 saturated carbocycles. The fourth-order valence-corrected chi connectivity index (χ4v) is 5.80. The smallest absolute Gasteiger partial charge is 0.274 e. The average molecular weight is 420 g/mol. The summed E-state index contributed by atoms with van der Waals surface area (Å²) < 4.78 is 41.1. The third-order valence-electron chi connectivity index (χ3n) is 5.78. The van der Waals surface area contributed by atoms with E-state index in [1.165, 1.54) is 34.9 Å². The second-order valence-corrected chi connectivity index (χ2v) is 9.58. The van der Waals surface area contributed by atoms with Crippen LogP contribution in [0.4, 0.5) is 4.39 Å². The van der Waals surface area contributed by atoms with Gasteiger partial charge in [-0.05, 0) is 19.1 Å². The van der Waals surface area contributed by atoms with Gasteiger partial charge in [0, 0.05) is 43.7 Å². The number of benzene rings is 1. The fourth-order valence-electron chi connectivity index (χ4n) is 4.15. The van der Waals surface area contributed by atoms with Crippen molar-refractivity contribution in [3.05, 3.63) is 53.9 Å². The molecular weight excluding hydrogens is 399 g/mol. The monoisotopic (exact) mass is 420 g/mol. The van der Waals surface area contributed by atoms with Crippen molar-refractivity contribution < 1.29 is 22.7 Å². The van der Waals surface area contributed by atoms with Gasteiger partial charge in [-0.3, -0.25) is 9.78 Å². The molecule has 0 spiro atoms. The van der Waals surface area contributed by atoms with Gasteiger partial charge in [0.1, 0.15) is 16.4 Å². The van der Waals surface area contributed by atoms with E-state index in [0.29, 0.717) is 5.69 Å². The van der Waals surface area contributed by atoms with E-state index < -0.39 is 21.3 Å². The standard InChI is InChI=1S/C19H21FN4O4S/c1-13-6-22-16(7-21-13)18(26)23-8-14-9-24(11-19(14,10-23)12-25)29(27,28)17-5-3-2-4-15(17)20/h2-7,14,25H,8-12H2,1H3. The number of aliphatic hydroxyl groups is 1. The lowest BCUT2D eigenvalue weighted by atomic mass is 9.82. The average Bonchev–Trinajstić information content (AvgIpc) is 3.23. The number of hydrogen-bond donors (Lipinski definition) is 1. The molecule has 1 N–H and O–H groups in total. The van der Waals surface area contributed by atoms with Crippen LogP contribution in [0.2, 0.25) is 0 Å². The molecule has 1 amide bonds. The number of rotatable bonds is 4. The molecule has 1 aromatic carbocycles. The maximum absolute atomic E-state index is 14.1. The Balaban J connectivity index is 1.55. The summed E-state index contributed by atoms with van der Waals surface area (Å²) in [7, 11) is -4.03. The second kappa shape index (κ2) is 7.12. The molecule has 2 aliphatic rings. The molecule has 10 heteroatoms. The Morgan fingerprint density at radius 2 is 2.00 bits per heavy atom. The number of carbonyl (C=O) groups excluding carboxylic acids is 1. The van der Waals surface area contributed by atoms with Crippen LogP contribution in [0.15, 0.2) is 41.6 Å². The molecule has 2 saturated heterocycles. The predicted octanol–water partition coefficient (Wildman–Crippen LogP) is 0.679. The maximum atomic E-state index is 14.1. The topological polar surface area (TPSA) is 104 Å². The zero-order chi connectivity index (χ0) is 20.8. The molecular formula is C19H21FN4O4S. The number of aromatic nitrogens is 2. The summed E-state index contributed by atoms with van der Waals surface area (Å²) in [6.07, 6.45) is 2.92. The van der Waals surface area contributed by atoms with Gasteiger partial charge in [-0.25, -0.2) is 17.8 Å². The van der Waals surface area contributed by atoms with Gasteiger partial charge in [0.25, 0.3) is 5.91 Å². The van der Waals surface area contributed by atoms with E-state index in [2.05, 4.69) is 9.97 Å². The maximum Gasteiger partial charge on any atom is 0.274 e. The summed E-state index contributed by atoms with van der Waals surface area (Å²) in [6, 6.07) is 5.24. The Hall–Kier alpha value is -2.43. The highest BCUT2D eigenvalue weighted by atomic mass is 32.2. The lowest BCUT2D eigenvalue weighted by molar-refractivity contribution is 0.0730. The molecule has 0 bridgehead atoms. The van der Waals surface area contributed by atoms with Gasteiger partial charge in [0.2, 0.25) is 10.0 Å². The Morgan fingerprint density at radius 1 is 1.24 bits per heavy atom. The van der Waals surface area contributed by atoms with Crippen LogP contribution in [0.5, 0.6) is 0 Å². The molecule has 0 radical (unpaired) electrons. The molecule has 1 aromatic heterocycles. The fraction of sp³-hybridized carbons (Fsp3) is 0.421. The Labute approximate surface area is 168 Å². The summed E-state index contributed by atoms with van der Waals surface area (Å²) in [5.74, 6) is -1.36. The Morgan fingerprint density at radius 3 is 2.62 bits per heavy atom. The van der Waals surface area contributed by atoms with Gasteiger partial charge < -0.3 is 10.0 Å². The van der Waals surface area contributed by atoms with E-state index in [1.54, 1.807) is 11.8 Å². The lowest BCUT2D eigenvalue weighted by Gasteiger charge is -2.27. The molecule has 0 aliphatic carbocycles. The number of aryl methyl sites for hydroxylation is 1. The van der Waals surface area contributed by atoms with Crippen LogP contribution in [-0.4, -0.2) is 71.4 Å². The minimum absolute atomic E-state index is 0.0220. The van der Waals surface area contributed by atoms with E-state index in [9.17, 15) is 22.7 Å². The molecule has 4 rings (SSSR count). The Kier molecular flexibility index (Phi) is 4.88. The van der Waals surface area contributed by atoms with Crippen LogP contribution in [0.3, 0.4) is 0 Å². The van der Waals surface area contributed by atoms with Gasteiger partial charge in [0.15, 0.2) is 0 Å². The zero-order valence-corrected chi connectivity index (χ0v) is 16.6. The highest BCUT2D eigenvalue weighted by Gasteiger charge is 2.56. The quantitative estimate of drug-likeness (QED) is 0.780. The summed E-state index contributed by atoms with van der Waals surface area (Å²) in [4.78, 5) is 22.1. The molecule has 2 unspecified atom stereocenters. The van der Waals surface area contributed by atoms with Crippen molar-refractivity contribution in [3.8, 4) is 0 Å². The minimum Gasteiger partial charge on any atom is -0.396 e. The number of halogens is 1. The van der Waals surface area contributed by atoms with E-state index in [-0.39, 0.29) is 55.2 Å². The highest BCUT2D eigenvalue weighted by molar-refractivity contribution is 7.89. The van der Waals surface area contributed by atoms with Gasteiger partial charge in [0.05, 0.1) is 18.5 Å². The van der Waals surface area contributed by atoms with Crippen molar-refractivity contribution >= 4 is 15.9 Å². The number of carbonyl (C=O) groups is 1. The number of sulfonamides is 1. The van der Waals surface area contributed by atoms with Crippen LogP contribution in [0, 0.1) is 24.1 Å². The Bertz CT molecular complexity index is 1050. The third kappa shape index (κ3) is 3.30. The molecule has 3 heterocycles. The zero-order valence-electron chi connectivity index (χ0n) is 15.8. The van der Waals surface area contributed by atoms with Crippen LogP contribution < -0.4 is 0 Å². The van der Waals surface area contributed by atoms with E-state index in [4.69, 9.17) is 0 Å². The first-order valence-electron chi connectivity index (χ1n) is 9.20. The minimum atomic E-state index is -4.03. The number of hydrogen-bond acceptors (Lipinski definition) is 6. The number of nitrogens with zero attached hydrogens (tertiary/aromatic N) is 4. The molecule has 2 aliphatic heterocycles. The lowest BCUT2D eigenvalue weighted by Crippen LogP contribution is -2.40. The van der Waals surface area contributed by atoms with E-state index in [1.807, 2.05) is 0 Å². The number of fused-ring (bicyclic) bond motifs is 1. The summed E-state index contributed by atoms with van der Waals surface area (Å²) in [6.45, 7) is 2.12. The van der Waals surface area contributed by atoms with Crippen LogP contribution in [0.25, 0.3) is 0 Å². The normalized spacial score (nSPS) is 24.7. The van der Waals surface area contributed by atoms with E-state index >= 15 is 0 Å².